The first kappa shape index (κ1) is 28.6. The summed E-state index contributed by atoms with van der Waals surface area (Å²) in [5.74, 6) is -3.36. The molecule has 0 bridgehead atoms. The topological polar surface area (TPSA) is 125 Å². The first-order valence-corrected chi connectivity index (χ1v) is 11.5. The van der Waals surface area contributed by atoms with Gasteiger partial charge in [-0.05, 0) is 0 Å². The van der Waals surface area contributed by atoms with Crippen LogP contribution >= 0.6 is 62.3 Å². The van der Waals surface area contributed by atoms with Crippen molar-refractivity contribution in [3.8, 4) is 0 Å². The van der Waals surface area contributed by atoms with Gasteiger partial charge in [0, 0.05) is 0 Å². The predicted octanol–water partition coefficient (Wildman–Crippen LogP) is -0.0836. The number of aliphatic hydroxyl groups is 1. The third-order valence-electron chi connectivity index (χ3n) is 3.09. The van der Waals surface area contributed by atoms with Crippen molar-refractivity contribution in [1.82, 2.24) is 0 Å². The molecule has 0 saturated carbocycles. The van der Waals surface area contributed by atoms with Crippen molar-refractivity contribution in [1.29, 1.82) is 0 Å². The van der Waals surface area contributed by atoms with Gasteiger partial charge in [0.1, 0.15) is 31.8 Å². The molecule has 0 aromatic rings. The predicted molar refractivity (Wildman–Crippen MR) is 120 cm³/mol. The highest BCUT2D eigenvalue weighted by molar-refractivity contribution is 8.10. The maximum Gasteiger partial charge on any atom is 0.315 e. The van der Waals surface area contributed by atoms with Gasteiger partial charge in [-0.3, -0.25) is 19.2 Å². The van der Waals surface area contributed by atoms with Crippen molar-refractivity contribution in [3.05, 3.63) is 0 Å². The Morgan fingerprint density at radius 3 is 1.41 bits per heavy atom. The van der Waals surface area contributed by atoms with Crippen molar-refractivity contribution in [3.63, 3.8) is 0 Å². The quantitative estimate of drug-likeness (QED) is 0.0887. The lowest BCUT2D eigenvalue weighted by molar-refractivity contribution is -0.167. The lowest BCUT2D eigenvalue weighted by Gasteiger charge is -2.31. The molecule has 9 nitrogen and oxygen atoms in total. The number of ether oxygens (including phenoxy) is 4. The van der Waals surface area contributed by atoms with E-state index in [1.54, 1.807) is 0 Å². The van der Waals surface area contributed by atoms with E-state index >= 15 is 0 Å². The third-order valence-corrected chi connectivity index (χ3v) is 5.42. The number of thiol groups is 4. The number of hydrogen-bond acceptors (Lipinski definition) is 14. The van der Waals surface area contributed by atoms with Crippen LogP contribution in [0.25, 0.3) is 0 Å². The van der Waals surface area contributed by atoms with Crippen LogP contribution in [0.3, 0.4) is 0 Å². The second-order valence-corrected chi connectivity index (χ2v) is 8.68. The summed E-state index contributed by atoms with van der Waals surface area (Å²) < 4.78 is 19.9. The maximum atomic E-state index is 12.0. The Kier molecular flexibility index (Phi) is 16.1. The van der Waals surface area contributed by atoms with E-state index in [4.69, 9.17) is 24.1 Å². The van der Waals surface area contributed by atoms with Gasteiger partial charge in [-0.25, -0.2) is 0 Å². The fraction of sp³-hybridized carbons (Fsp3) is 0.733. The number of rotatable bonds is 15. The van der Waals surface area contributed by atoms with Gasteiger partial charge in [-0.1, -0.05) is 0 Å². The fourth-order valence-electron chi connectivity index (χ4n) is 1.58. The summed E-state index contributed by atoms with van der Waals surface area (Å²) in [5, 5.41) is 8.93. The molecule has 0 saturated heterocycles. The van der Waals surface area contributed by atoms with Gasteiger partial charge in [0.25, 0.3) is 0 Å². The van der Waals surface area contributed by atoms with Crippen molar-refractivity contribution in [2.45, 2.75) is 4.58 Å². The summed E-state index contributed by atoms with van der Waals surface area (Å²) >= 11 is 16.5. The Hall–Kier alpha value is -0.410. The van der Waals surface area contributed by atoms with Crippen molar-refractivity contribution in [2.24, 2.45) is 5.41 Å². The monoisotopic (exact) mass is 508 g/mol. The number of carbonyl (C=O) groups is 4. The van der Waals surface area contributed by atoms with Crippen molar-refractivity contribution < 1.29 is 43.2 Å². The molecule has 0 aromatic carbocycles. The van der Waals surface area contributed by atoms with Crippen LogP contribution in [0.15, 0.2) is 0 Å². The molecule has 0 aliphatic rings. The van der Waals surface area contributed by atoms with Crippen LogP contribution in [-0.2, 0) is 38.1 Å². The summed E-state index contributed by atoms with van der Waals surface area (Å²) in [6.07, 6.45) is 0. The molecule has 0 aliphatic carbocycles. The molecule has 0 radical (unpaired) electrons. The Labute approximate surface area is 194 Å². The van der Waals surface area contributed by atoms with Gasteiger partial charge in [0.2, 0.25) is 0 Å². The lowest BCUT2D eigenvalue weighted by atomic mass is 9.92. The summed E-state index contributed by atoms with van der Waals surface area (Å²) in [6.45, 7) is -1.69. The normalized spacial score (nSPS) is 12.0. The van der Waals surface area contributed by atoms with E-state index in [2.05, 4.69) is 50.5 Å². The minimum Gasteiger partial charge on any atom is -0.464 e. The highest BCUT2D eigenvalue weighted by Gasteiger charge is 2.37. The summed E-state index contributed by atoms with van der Waals surface area (Å²) in [4.78, 5) is 46.5. The van der Waals surface area contributed by atoms with Crippen LogP contribution in [0.5, 0.6) is 0 Å². The van der Waals surface area contributed by atoms with Gasteiger partial charge in [0.15, 0.2) is 0 Å². The smallest absolute Gasteiger partial charge is 0.315 e. The van der Waals surface area contributed by atoms with Crippen LogP contribution in [0, 0.1) is 5.41 Å². The third kappa shape index (κ3) is 13.5. The first-order chi connectivity index (χ1) is 13.7. The lowest BCUT2D eigenvalue weighted by Crippen LogP contribution is -2.44. The number of carbonyl (C=O) groups excluding carboxylic acids is 4. The molecule has 0 aromatic heterocycles. The minimum atomic E-state index is -1.34. The molecule has 1 atom stereocenters. The van der Waals surface area contributed by atoms with E-state index in [1.165, 1.54) is 0 Å². The minimum absolute atomic E-state index is 0.103. The number of esters is 4. The second-order valence-electron chi connectivity index (χ2n) is 5.57. The molecule has 0 rings (SSSR count). The first-order valence-electron chi connectivity index (χ1n) is 8.07. The zero-order valence-electron chi connectivity index (χ0n) is 15.4. The molecule has 1 N–H and O–H groups in total. The molecule has 1 unspecified atom stereocenters. The average Bonchev–Trinajstić information content (AvgIpc) is 2.75. The Bertz CT molecular complexity index is 496. The van der Waals surface area contributed by atoms with Crippen LogP contribution in [0.1, 0.15) is 0 Å². The SMILES string of the molecule is O=C(CS)OCC(COC(=O)CS)(COC(=O)CS)COC(=O)CSC(S)CO. The Balaban J connectivity index is 5.25. The molecular formula is C15H24O9S5. The number of thioether (sulfide) groups is 1. The second kappa shape index (κ2) is 16.3. The Morgan fingerprint density at radius 2 is 1.10 bits per heavy atom. The van der Waals surface area contributed by atoms with Crippen LogP contribution in [0.4, 0.5) is 0 Å². The van der Waals surface area contributed by atoms with Gasteiger partial charge in [0.05, 0.1) is 34.2 Å². The zero-order chi connectivity index (χ0) is 22.3. The standard InChI is InChI=1S/C15H24O9S5/c16-1-14(28)29-5-13(20)24-9-15(6-21-10(17)2-25,7-22-11(18)3-26)8-23-12(19)4-27/h14,16,25-28H,1-9H2. The van der Waals surface area contributed by atoms with Crippen molar-refractivity contribution >= 4 is 86.2 Å². The van der Waals surface area contributed by atoms with Crippen LogP contribution < -0.4 is 0 Å². The van der Waals surface area contributed by atoms with E-state index in [9.17, 15) is 19.2 Å². The van der Waals surface area contributed by atoms with E-state index in [-0.39, 0.29) is 56.0 Å². The van der Waals surface area contributed by atoms with E-state index < -0.39 is 33.9 Å². The molecular weight excluding hydrogens is 484 g/mol. The average molecular weight is 509 g/mol. The van der Waals surface area contributed by atoms with Gasteiger partial charge in [-0.2, -0.15) is 50.5 Å². The largest absolute Gasteiger partial charge is 0.464 e. The van der Waals surface area contributed by atoms with Crippen molar-refractivity contribution in [2.75, 3.05) is 56.0 Å². The fourth-order valence-corrected chi connectivity index (χ4v) is 2.59. The zero-order valence-corrected chi connectivity index (χ0v) is 19.7. The van der Waals surface area contributed by atoms with Gasteiger partial charge >= 0.3 is 23.9 Å². The van der Waals surface area contributed by atoms with Crippen LogP contribution in [-0.4, -0.2) is 89.6 Å². The number of hydrogen-bond donors (Lipinski definition) is 5. The molecule has 0 aliphatic heterocycles. The molecule has 0 spiro atoms. The molecule has 0 fully saturated rings. The molecule has 0 amide bonds. The van der Waals surface area contributed by atoms with E-state index in [0.717, 1.165) is 11.8 Å². The van der Waals surface area contributed by atoms with Crippen LogP contribution in [0.2, 0.25) is 0 Å². The molecule has 168 valence electrons. The summed E-state index contributed by atoms with van der Waals surface area (Å²) in [5.41, 5.74) is -1.34. The molecule has 14 heteroatoms. The Morgan fingerprint density at radius 1 is 0.759 bits per heavy atom. The van der Waals surface area contributed by atoms with E-state index in [1.807, 2.05) is 0 Å². The summed E-state index contributed by atoms with van der Waals surface area (Å²) in [7, 11) is 0. The summed E-state index contributed by atoms with van der Waals surface area (Å²) in [6, 6.07) is 0. The van der Waals surface area contributed by atoms with E-state index in [0.29, 0.717) is 0 Å². The number of aliphatic hydroxyl groups excluding tert-OH is 1. The highest BCUT2D eigenvalue weighted by Crippen LogP contribution is 2.22. The van der Waals surface area contributed by atoms with Gasteiger partial charge in [-0.15, -0.1) is 11.8 Å². The highest BCUT2D eigenvalue weighted by atomic mass is 32.2. The molecule has 29 heavy (non-hydrogen) atoms. The van der Waals surface area contributed by atoms with Gasteiger partial charge < -0.3 is 24.1 Å². The molecule has 0 heterocycles. The maximum absolute atomic E-state index is 12.0.